The summed E-state index contributed by atoms with van der Waals surface area (Å²) in [4.78, 5) is 0.243. The first-order valence-corrected chi connectivity index (χ1v) is 7.85. The van der Waals surface area contributed by atoms with Crippen LogP contribution < -0.4 is 15.2 Å². The lowest BCUT2D eigenvalue weighted by Gasteiger charge is -2.14. The zero-order valence-corrected chi connectivity index (χ0v) is 13.0. The standard InChI is InChI=1S/C15H18N2O3S/c1-10-4-5-11(2)15(8-10)21(18,19)17-13-9-12(16)6-7-14(13)20-3/h4-9,17H,16H2,1-3H3. The summed E-state index contributed by atoms with van der Waals surface area (Å²) in [6.07, 6.45) is 0. The second kappa shape index (κ2) is 5.65. The van der Waals surface area contributed by atoms with Crippen molar-refractivity contribution in [2.24, 2.45) is 0 Å². The van der Waals surface area contributed by atoms with Crippen LogP contribution >= 0.6 is 0 Å². The lowest BCUT2D eigenvalue weighted by Crippen LogP contribution is -2.15. The Balaban J connectivity index is 2.47. The maximum absolute atomic E-state index is 12.5. The molecule has 0 aliphatic carbocycles. The number of nitrogens with one attached hydrogen (secondary N) is 1. The van der Waals surface area contributed by atoms with Crippen LogP contribution in [0.1, 0.15) is 11.1 Å². The van der Waals surface area contributed by atoms with Crippen LogP contribution in [0.25, 0.3) is 0 Å². The minimum absolute atomic E-state index is 0.243. The Kier molecular flexibility index (Phi) is 4.09. The van der Waals surface area contributed by atoms with Crippen molar-refractivity contribution < 1.29 is 13.2 Å². The van der Waals surface area contributed by atoms with Crippen LogP contribution in [0.2, 0.25) is 0 Å². The van der Waals surface area contributed by atoms with Crippen LogP contribution in [0.15, 0.2) is 41.3 Å². The Morgan fingerprint density at radius 2 is 1.81 bits per heavy atom. The van der Waals surface area contributed by atoms with Crippen LogP contribution in [-0.2, 0) is 10.0 Å². The van der Waals surface area contributed by atoms with Gasteiger partial charge in [-0.2, -0.15) is 0 Å². The Morgan fingerprint density at radius 1 is 1.10 bits per heavy atom. The second-order valence-corrected chi connectivity index (χ2v) is 6.48. The molecule has 0 aliphatic heterocycles. The van der Waals surface area contributed by atoms with E-state index in [1.165, 1.54) is 13.2 Å². The Hall–Kier alpha value is -2.21. The van der Waals surface area contributed by atoms with E-state index in [9.17, 15) is 8.42 Å². The van der Waals surface area contributed by atoms with Gasteiger partial charge < -0.3 is 10.5 Å². The Bertz CT molecular complexity index is 770. The zero-order chi connectivity index (χ0) is 15.6. The molecule has 3 N–H and O–H groups in total. The summed E-state index contributed by atoms with van der Waals surface area (Å²) in [5, 5.41) is 0. The van der Waals surface area contributed by atoms with Gasteiger partial charge in [-0.1, -0.05) is 12.1 Å². The van der Waals surface area contributed by atoms with E-state index < -0.39 is 10.0 Å². The molecule has 0 aliphatic rings. The van der Waals surface area contributed by atoms with E-state index in [-0.39, 0.29) is 4.90 Å². The van der Waals surface area contributed by atoms with Gasteiger partial charge in [0, 0.05) is 5.69 Å². The number of sulfonamides is 1. The van der Waals surface area contributed by atoms with Gasteiger partial charge in [0.2, 0.25) is 0 Å². The molecule has 0 saturated carbocycles. The van der Waals surface area contributed by atoms with Crippen molar-refractivity contribution in [1.29, 1.82) is 0 Å². The highest BCUT2D eigenvalue weighted by molar-refractivity contribution is 7.92. The highest BCUT2D eigenvalue weighted by atomic mass is 32.2. The number of rotatable bonds is 4. The molecule has 21 heavy (non-hydrogen) atoms. The average Bonchev–Trinajstić information content (AvgIpc) is 2.41. The first-order valence-electron chi connectivity index (χ1n) is 6.37. The van der Waals surface area contributed by atoms with Gasteiger partial charge in [0.05, 0.1) is 17.7 Å². The molecule has 0 bridgehead atoms. The maximum Gasteiger partial charge on any atom is 0.262 e. The topological polar surface area (TPSA) is 81.4 Å². The largest absolute Gasteiger partial charge is 0.495 e. The van der Waals surface area contributed by atoms with E-state index in [1.54, 1.807) is 31.2 Å². The number of nitrogen functional groups attached to an aromatic ring is 1. The monoisotopic (exact) mass is 306 g/mol. The second-order valence-electron chi connectivity index (χ2n) is 4.83. The third-order valence-electron chi connectivity index (χ3n) is 3.10. The van der Waals surface area contributed by atoms with Gasteiger partial charge in [-0.25, -0.2) is 8.42 Å². The van der Waals surface area contributed by atoms with Crippen molar-refractivity contribution in [3.05, 3.63) is 47.5 Å². The van der Waals surface area contributed by atoms with Crippen molar-refractivity contribution in [2.75, 3.05) is 17.6 Å². The van der Waals surface area contributed by atoms with Gasteiger partial charge >= 0.3 is 0 Å². The normalized spacial score (nSPS) is 11.2. The molecule has 0 radical (unpaired) electrons. The molecule has 2 aromatic rings. The summed E-state index contributed by atoms with van der Waals surface area (Å²) in [6.45, 7) is 3.60. The van der Waals surface area contributed by atoms with E-state index >= 15 is 0 Å². The Labute approximate surface area is 124 Å². The number of methoxy groups -OCH3 is 1. The summed E-state index contributed by atoms with van der Waals surface area (Å²) in [7, 11) is -2.23. The highest BCUT2D eigenvalue weighted by Gasteiger charge is 2.19. The first kappa shape index (κ1) is 15.2. The number of anilines is 2. The molecule has 2 aromatic carbocycles. The lowest BCUT2D eigenvalue weighted by atomic mass is 10.2. The third-order valence-corrected chi connectivity index (χ3v) is 4.61. The number of aryl methyl sites for hydroxylation is 2. The van der Waals surface area contributed by atoms with Crippen LogP contribution in [0.4, 0.5) is 11.4 Å². The van der Waals surface area contributed by atoms with Crippen molar-refractivity contribution in [3.63, 3.8) is 0 Å². The van der Waals surface area contributed by atoms with Crippen LogP contribution in [0, 0.1) is 13.8 Å². The van der Waals surface area contributed by atoms with Crippen molar-refractivity contribution in [1.82, 2.24) is 0 Å². The number of nitrogens with two attached hydrogens (primary N) is 1. The molecule has 0 amide bonds. The fourth-order valence-corrected chi connectivity index (χ4v) is 3.39. The molecule has 112 valence electrons. The molecular formula is C15H18N2O3S. The molecule has 0 spiro atoms. The maximum atomic E-state index is 12.5. The van der Waals surface area contributed by atoms with Crippen molar-refractivity contribution in [2.45, 2.75) is 18.7 Å². The third kappa shape index (κ3) is 3.28. The number of hydrogen-bond acceptors (Lipinski definition) is 4. The molecule has 0 atom stereocenters. The van der Waals surface area contributed by atoms with Crippen LogP contribution in [-0.4, -0.2) is 15.5 Å². The summed E-state index contributed by atoms with van der Waals surface area (Å²) in [5.74, 6) is 0.415. The predicted molar refractivity (Wildman–Crippen MR) is 84.1 cm³/mol. The van der Waals surface area contributed by atoms with Crippen molar-refractivity contribution >= 4 is 21.4 Å². The summed E-state index contributed by atoms with van der Waals surface area (Å²) < 4.78 is 32.8. The lowest BCUT2D eigenvalue weighted by molar-refractivity contribution is 0.417. The van der Waals surface area contributed by atoms with Gasteiger partial charge in [0.25, 0.3) is 10.0 Å². The molecule has 6 heteroatoms. The molecule has 0 aromatic heterocycles. The minimum atomic E-state index is -3.70. The fourth-order valence-electron chi connectivity index (χ4n) is 2.00. The Morgan fingerprint density at radius 3 is 2.48 bits per heavy atom. The number of ether oxygens (including phenoxy) is 1. The zero-order valence-electron chi connectivity index (χ0n) is 12.2. The van der Waals surface area contributed by atoms with E-state index in [0.717, 1.165) is 5.56 Å². The fraction of sp³-hybridized carbons (Fsp3) is 0.200. The van der Waals surface area contributed by atoms with E-state index in [1.807, 2.05) is 13.0 Å². The van der Waals surface area contributed by atoms with Gasteiger partial charge in [-0.3, -0.25) is 4.72 Å². The molecule has 2 rings (SSSR count). The number of benzene rings is 2. The quantitative estimate of drug-likeness (QED) is 0.851. The van der Waals surface area contributed by atoms with Gasteiger partial charge in [0.1, 0.15) is 5.75 Å². The SMILES string of the molecule is COc1ccc(N)cc1NS(=O)(=O)c1cc(C)ccc1C. The summed E-state index contributed by atoms with van der Waals surface area (Å²) in [6, 6.07) is 10.1. The molecule has 0 heterocycles. The highest BCUT2D eigenvalue weighted by Crippen LogP contribution is 2.29. The smallest absolute Gasteiger partial charge is 0.262 e. The number of hydrogen-bond donors (Lipinski definition) is 2. The van der Waals surface area contributed by atoms with Gasteiger partial charge in [-0.15, -0.1) is 0 Å². The van der Waals surface area contributed by atoms with Crippen molar-refractivity contribution in [3.8, 4) is 5.75 Å². The summed E-state index contributed by atoms with van der Waals surface area (Å²) >= 11 is 0. The molecule has 0 unspecified atom stereocenters. The van der Waals surface area contributed by atoms with E-state index in [0.29, 0.717) is 22.7 Å². The molecular weight excluding hydrogens is 288 g/mol. The van der Waals surface area contributed by atoms with E-state index in [4.69, 9.17) is 10.5 Å². The van der Waals surface area contributed by atoms with Crippen LogP contribution in [0.3, 0.4) is 0 Å². The van der Waals surface area contributed by atoms with Gasteiger partial charge in [0.15, 0.2) is 0 Å². The first-order chi connectivity index (χ1) is 9.83. The van der Waals surface area contributed by atoms with E-state index in [2.05, 4.69) is 4.72 Å². The summed E-state index contributed by atoms with van der Waals surface area (Å²) in [5.41, 5.74) is 8.03. The minimum Gasteiger partial charge on any atom is -0.495 e. The van der Waals surface area contributed by atoms with Gasteiger partial charge in [-0.05, 0) is 49.2 Å². The molecule has 5 nitrogen and oxygen atoms in total. The average molecular weight is 306 g/mol. The molecule has 0 saturated heterocycles. The predicted octanol–water partition coefficient (Wildman–Crippen LogP) is 2.70. The molecule has 0 fully saturated rings. The van der Waals surface area contributed by atoms with Crippen LogP contribution in [0.5, 0.6) is 5.75 Å².